The molecule has 0 spiro atoms. The molecule has 2 rings (SSSR count). The molecule has 0 aliphatic heterocycles. The summed E-state index contributed by atoms with van der Waals surface area (Å²) >= 11 is 6.27. The topological polar surface area (TPSA) is 20.2 Å². The van der Waals surface area contributed by atoms with Crippen molar-refractivity contribution in [3.8, 4) is 0 Å². The highest BCUT2D eigenvalue weighted by Gasteiger charge is 2.14. The number of hydrogen-bond acceptors (Lipinski definition) is 1. The van der Waals surface area contributed by atoms with Crippen molar-refractivity contribution in [2.45, 2.75) is 26.4 Å². The minimum Gasteiger partial charge on any atom is -0.388 e. The largest absolute Gasteiger partial charge is 0.388 e. The first-order chi connectivity index (χ1) is 8.58. The lowest BCUT2D eigenvalue weighted by molar-refractivity contribution is 0.178. The van der Waals surface area contributed by atoms with Crippen LogP contribution in [-0.2, 0) is 6.42 Å². The van der Waals surface area contributed by atoms with Crippen molar-refractivity contribution in [2.75, 3.05) is 0 Å². The maximum Gasteiger partial charge on any atom is 0.0844 e. The van der Waals surface area contributed by atoms with E-state index in [0.717, 1.165) is 22.3 Å². The van der Waals surface area contributed by atoms with E-state index >= 15 is 0 Å². The van der Waals surface area contributed by atoms with Crippen LogP contribution in [0.4, 0.5) is 0 Å². The number of rotatable bonds is 3. The monoisotopic (exact) mass is 260 g/mol. The summed E-state index contributed by atoms with van der Waals surface area (Å²) in [6.45, 7) is 3.98. The van der Waals surface area contributed by atoms with Gasteiger partial charge in [0.25, 0.3) is 0 Å². The zero-order valence-corrected chi connectivity index (χ0v) is 11.4. The van der Waals surface area contributed by atoms with E-state index in [0.29, 0.717) is 11.4 Å². The third-order valence-corrected chi connectivity index (χ3v) is 3.57. The van der Waals surface area contributed by atoms with Crippen LogP contribution in [0.2, 0.25) is 5.02 Å². The first kappa shape index (κ1) is 13.1. The van der Waals surface area contributed by atoms with Gasteiger partial charge >= 0.3 is 0 Å². The molecule has 0 aromatic heterocycles. The Bertz CT molecular complexity index is 534. The van der Waals surface area contributed by atoms with Crippen LogP contribution in [-0.4, -0.2) is 5.11 Å². The number of benzene rings is 2. The molecule has 2 aromatic carbocycles. The highest BCUT2D eigenvalue weighted by Crippen LogP contribution is 2.29. The van der Waals surface area contributed by atoms with Crippen LogP contribution in [0.15, 0.2) is 42.5 Å². The molecule has 1 nitrogen and oxygen atoms in total. The smallest absolute Gasteiger partial charge is 0.0844 e. The molecule has 0 amide bonds. The molecule has 2 aromatic rings. The Morgan fingerprint density at radius 1 is 1.11 bits per heavy atom. The summed E-state index contributed by atoms with van der Waals surface area (Å²) in [7, 11) is 0. The van der Waals surface area contributed by atoms with Crippen LogP contribution in [0, 0.1) is 13.8 Å². The summed E-state index contributed by atoms with van der Waals surface area (Å²) in [6, 6.07) is 13.9. The lowest BCUT2D eigenvalue weighted by atomic mass is 9.98. The third-order valence-electron chi connectivity index (χ3n) is 3.06. The predicted octanol–water partition coefficient (Wildman–Crippen LogP) is 4.23. The molecule has 0 aliphatic carbocycles. The molecule has 0 saturated heterocycles. The number of aliphatic hydroxyl groups excluding tert-OH is 1. The predicted molar refractivity (Wildman–Crippen MR) is 76.0 cm³/mol. The molecule has 0 saturated carbocycles. The van der Waals surface area contributed by atoms with Crippen molar-refractivity contribution < 1.29 is 5.11 Å². The molecule has 0 radical (unpaired) electrons. The van der Waals surface area contributed by atoms with Gasteiger partial charge in [-0.3, -0.25) is 0 Å². The molecule has 18 heavy (non-hydrogen) atoms. The van der Waals surface area contributed by atoms with Gasteiger partial charge in [-0.25, -0.2) is 0 Å². The van der Waals surface area contributed by atoms with E-state index in [4.69, 9.17) is 11.6 Å². The van der Waals surface area contributed by atoms with E-state index < -0.39 is 6.10 Å². The Morgan fingerprint density at radius 3 is 2.44 bits per heavy atom. The van der Waals surface area contributed by atoms with Crippen LogP contribution in [0.3, 0.4) is 0 Å². The zero-order chi connectivity index (χ0) is 13.1. The minimum atomic E-state index is -0.557. The van der Waals surface area contributed by atoms with Gasteiger partial charge in [-0.15, -0.1) is 0 Å². The fraction of sp³-hybridized carbons (Fsp3) is 0.250. The summed E-state index contributed by atoms with van der Waals surface area (Å²) in [6.07, 6.45) is 0.0298. The Morgan fingerprint density at radius 2 is 1.78 bits per heavy atom. The average Bonchev–Trinajstić information content (AvgIpc) is 2.35. The fourth-order valence-electron chi connectivity index (χ4n) is 2.17. The van der Waals surface area contributed by atoms with Gasteiger partial charge < -0.3 is 5.11 Å². The second-order valence-corrected chi connectivity index (χ2v) is 5.07. The maximum atomic E-state index is 10.3. The van der Waals surface area contributed by atoms with E-state index in [1.807, 2.05) is 56.3 Å². The van der Waals surface area contributed by atoms with Crippen LogP contribution >= 0.6 is 11.6 Å². The molecular formula is C16H17ClO. The third kappa shape index (κ3) is 2.92. The van der Waals surface area contributed by atoms with Crippen LogP contribution in [0.1, 0.15) is 28.4 Å². The standard InChI is InChI=1S/C16H17ClO/c1-11-8-12(2)16(17)14(9-11)15(18)10-13-6-4-3-5-7-13/h3-9,15,18H,10H2,1-2H3. The fourth-order valence-corrected chi connectivity index (χ4v) is 2.41. The van der Waals surface area contributed by atoms with Gasteiger partial charge in [0, 0.05) is 11.4 Å². The SMILES string of the molecule is Cc1cc(C)c(Cl)c(C(O)Cc2ccccc2)c1. The van der Waals surface area contributed by atoms with Crippen molar-refractivity contribution in [2.24, 2.45) is 0 Å². The quantitative estimate of drug-likeness (QED) is 0.876. The summed E-state index contributed by atoms with van der Waals surface area (Å²) < 4.78 is 0. The number of halogens is 1. The van der Waals surface area contributed by atoms with Crippen LogP contribution in [0.25, 0.3) is 0 Å². The first-order valence-corrected chi connectivity index (χ1v) is 6.44. The van der Waals surface area contributed by atoms with E-state index in [9.17, 15) is 5.11 Å². The van der Waals surface area contributed by atoms with E-state index in [1.54, 1.807) is 0 Å². The first-order valence-electron chi connectivity index (χ1n) is 6.06. The van der Waals surface area contributed by atoms with Crippen molar-refractivity contribution in [3.63, 3.8) is 0 Å². The molecule has 0 heterocycles. The van der Waals surface area contributed by atoms with Gasteiger partial charge in [0.1, 0.15) is 0 Å². The Labute approximate surface area is 113 Å². The molecule has 94 valence electrons. The summed E-state index contributed by atoms with van der Waals surface area (Å²) in [4.78, 5) is 0. The molecule has 2 heteroatoms. The summed E-state index contributed by atoms with van der Waals surface area (Å²) in [5.41, 5.74) is 4.07. The van der Waals surface area contributed by atoms with Gasteiger partial charge in [-0.05, 0) is 30.5 Å². The lowest BCUT2D eigenvalue weighted by Crippen LogP contribution is -2.04. The van der Waals surface area contributed by atoms with Gasteiger partial charge in [-0.1, -0.05) is 59.6 Å². The molecule has 1 N–H and O–H groups in total. The van der Waals surface area contributed by atoms with E-state index in [2.05, 4.69) is 0 Å². The van der Waals surface area contributed by atoms with Crippen LogP contribution in [0.5, 0.6) is 0 Å². The van der Waals surface area contributed by atoms with Crippen molar-refractivity contribution >= 4 is 11.6 Å². The van der Waals surface area contributed by atoms with Crippen molar-refractivity contribution in [1.29, 1.82) is 0 Å². The highest BCUT2D eigenvalue weighted by molar-refractivity contribution is 6.32. The van der Waals surface area contributed by atoms with E-state index in [-0.39, 0.29) is 0 Å². The van der Waals surface area contributed by atoms with Crippen molar-refractivity contribution in [3.05, 3.63) is 69.7 Å². The summed E-state index contributed by atoms with van der Waals surface area (Å²) in [5, 5.41) is 11.0. The second-order valence-electron chi connectivity index (χ2n) is 4.69. The Balaban J connectivity index is 2.26. The van der Waals surface area contributed by atoms with Gasteiger partial charge in [0.2, 0.25) is 0 Å². The molecule has 0 aliphatic rings. The minimum absolute atomic E-state index is 0.557. The molecule has 1 unspecified atom stereocenters. The van der Waals surface area contributed by atoms with Crippen molar-refractivity contribution in [1.82, 2.24) is 0 Å². The lowest BCUT2D eigenvalue weighted by Gasteiger charge is -2.15. The zero-order valence-electron chi connectivity index (χ0n) is 10.7. The number of hydrogen-bond donors (Lipinski definition) is 1. The average molecular weight is 261 g/mol. The van der Waals surface area contributed by atoms with Gasteiger partial charge in [0.15, 0.2) is 0 Å². The molecular weight excluding hydrogens is 244 g/mol. The molecule has 1 atom stereocenters. The summed E-state index contributed by atoms with van der Waals surface area (Å²) in [5.74, 6) is 0. The Hall–Kier alpha value is -1.31. The molecule has 0 fully saturated rings. The maximum absolute atomic E-state index is 10.3. The van der Waals surface area contributed by atoms with Gasteiger partial charge in [-0.2, -0.15) is 0 Å². The number of aryl methyl sites for hydroxylation is 2. The van der Waals surface area contributed by atoms with Crippen LogP contribution < -0.4 is 0 Å². The highest BCUT2D eigenvalue weighted by atomic mass is 35.5. The van der Waals surface area contributed by atoms with Gasteiger partial charge in [0.05, 0.1) is 6.10 Å². The normalized spacial score (nSPS) is 12.4. The second kappa shape index (κ2) is 5.55. The number of aliphatic hydroxyl groups is 1. The van der Waals surface area contributed by atoms with E-state index in [1.165, 1.54) is 0 Å². The molecule has 0 bridgehead atoms. The Kier molecular flexibility index (Phi) is 4.05.